The zero-order valence-electron chi connectivity index (χ0n) is 28.6. The van der Waals surface area contributed by atoms with E-state index >= 15 is 0 Å². The number of aromatic nitrogens is 1. The number of fused-ring (bicyclic) bond motifs is 11. The number of rotatable bonds is 2. The van der Waals surface area contributed by atoms with E-state index in [-0.39, 0.29) is 34.9 Å². The minimum absolute atomic E-state index is 0.0335. The summed E-state index contributed by atoms with van der Waals surface area (Å²) in [6, 6.07) is 43.7. The Bertz CT molecular complexity index is 3360. The van der Waals surface area contributed by atoms with Crippen molar-refractivity contribution >= 4 is 59.4 Å². The van der Waals surface area contributed by atoms with Crippen LogP contribution in [0.25, 0.3) is 82.5 Å². The molecular formula is C47H27NO5S. The van der Waals surface area contributed by atoms with Crippen LogP contribution in [0.3, 0.4) is 0 Å². The molecule has 0 saturated heterocycles. The highest BCUT2D eigenvalue weighted by Crippen LogP contribution is 2.46. The van der Waals surface area contributed by atoms with E-state index in [9.17, 15) is 22.8 Å². The number of ketones is 2. The number of hydrogen-bond donors (Lipinski definition) is 0. The van der Waals surface area contributed by atoms with E-state index in [1.807, 2.05) is 109 Å². The zero-order chi connectivity index (χ0) is 36.5. The van der Waals surface area contributed by atoms with Crippen LogP contribution in [-0.2, 0) is 9.84 Å². The Labute approximate surface area is 308 Å². The molecule has 1 aliphatic carbocycles. The fourth-order valence-corrected chi connectivity index (χ4v) is 10.5. The van der Waals surface area contributed by atoms with Crippen LogP contribution in [-0.4, -0.2) is 24.4 Å². The van der Waals surface area contributed by atoms with Crippen molar-refractivity contribution in [2.75, 3.05) is 0 Å². The van der Waals surface area contributed by atoms with Gasteiger partial charge in [0.2, 0.25) is 9.84 Å². The Hall–Kier alpha value is -6.70. The van der Waals surface area contributed by atoms with Crippen LogP contribution in [0, 0.1) is 0 Å². The molecule has 3 heterocycles. The van der Waals surface area contributed by atoms with Crippen molar-refractivity contribution in [3.8, 4) is 44.5 Å². The SMILES string of the molecule is O=C1CCC(=O)c2cc(-c3cc4c5ccccc5c(=O)n5c6ccc(-c7ccc8c(c7)S(=O)(=O)c7ccccc7-8)cc6c(c3)c45)ccc2-c2ccccc21. The molecule has 256 valence electrons. The van der Waals surface area contributed by atoms with Crippen LogP contribution in [0.4, 0.5) is 0 Å². The fourth-order valence-electron chi connectivity index (χ4n) is 8.77. The smallest absolute Gasteiger partial charge is 0.263 e. The first kappa shape index (κ1) is 30.9. The molecule has 9 aromatic rings. The molecule has 0 spiro atoms. The Kier molecular flexibility index (Phi) is 6.24. The number of hydrogen-bond acceptors (Lipinski definition) is 5. The quantitative estimate of drug-likeness (QED) is 0.166. The van der Waals surface area contributed by atoms with E-state index in [1.165, 1.54) is 0 Å². The van der Waals surface area contributed by atoms with Gasteiger partial charge in [0.1, 0.15) is 0 Å². The minimum Gasteiger partial charge on any atom is -0.294 e. The summed E-state index contributed by atoms with van der Waals surface area (Å²) in [6.45, 7) is 0. The number of Topliss-reactive ketones (excluding diaryl/α,β-unsaturated/α-hetero) is 2. The van der Waals surface area contributed by atoms with Gasteiger partial charge in [-0.3, -0.25) is 18.8 Å². The monoisotopic (exact) mass is 717 g/mol. The molecule has 0 amide bonds. The average Bonchev–Trinajstić information content (AvgIpc) is 3.66. The molecule has 0 atom stereocenters. The third-order valence-corrected chi connectivity index (χ3v) is 13.2. The highest BCUT2D eigenvalue weighted by Gasteiger charge is 2.33. The predicted octanol–water partition coefficient (Wildman–Crippen LogP) is 10.2. The van der Waals surface area contributed by atoms with Crippen LogP contribution >= 0.6 is 0 Å². The summed E-state index contributed by atoms with van der Waals surface area (Å²) in [5, 5.41) is 4.07. The fraction of sp³-hybridized carbons (Fsp3) is 0.0426. The molecule has 0 fully saturated rings. The van der Waals surface area contributed by atoms with Gasteiger partial charge in [0.25, 0.3) is 5.56 Å². The summed E-state index contributed by atoms with van der Waals surface area (Å²) in [6.07, 6.45) is 0.293. The third-order valence-electron chi connectivity index (χ3n) is 11.3. The molecular weight excluding hydrogens is 691 g/mol. The summed E-state index contributed by atoms with van der Waals surface area (Å²) in [5.74, 6) is -0.109. The number of carbonyl (C=O) groups is 2. The first-order chi connectivity index (χ1) is 26.3. The van der Waals surface area contributed by atoms with Crippen LogP contribution in [0.15, 0.2) is 154 Å². The Balaban J connectivity index is 1.16. The van der Waals surface area contributed by atoms with Gasteiger partial charge in [0.05, 0.1) is 20.8 Å². The van der Waals surface area contributed by atoms with E-state index in [0.717, 1.165) is 66.0 Å². The Morgan fingerprint density at radius 1 is 0.407 bits per heavy atom. The molecule has 11 rings (SSSR count). The summed E-state index contributed by atoms with van der Waals surface area (Å²) < 4.78 is 29.0. The summed E-state index contributed by atoms with van der Waals surface area (Å²) in [4.78, 5) is 41.4. The predicted molar refractivity (Wildman–Crippen MR) is 212 cm³/mol. The number of nitrogens with zero attached hydrogens (tertiary/aromatic N) is 1. The Morgan fingerprint density at radius 2 is 0.944 bits per heavy atom. The second kappa shape index (κ2) is 10.9. The topological polar surface area (TPSA) is 89.8 Å². The van der Waals surface area contributed by atoms with Crippen LogP contribution in [0.5, 0.6) is 0 Å². The molecule has 54 heavy (non-hydrogen) atoms. The second-order valence-corrected chi connectivity index (χ2v) is 16.1. The molecule has 0 N–H and O–H groups in total. The molecule has 7 aromatic carbocycles. The molecule has 0 bridgehead atoms. The first-order valence-electron chi connectivity index (χ1n) is 17.8. The van der Waals surface area contributed by atoms with E-state index in [0.29, 0.717) is 32.5 Å². The second-order valence-electron chi connectivity index (χ2n) is 14.2. The van der Waals surface area contributed by atoms with Gasteiger partial charge in [-0.15, -0.1) is 0 Å². The van der Waals surface area contributed by atoms with E-state index in [1.54, 1.807) is 22.6 Å². The van der Waals surface area contributed by atoms with Gasteiger partial charge in [-0.2, -0.15) is 0 Å². The van der Waals surface area contributed by atoms with E-state index in [2.05, 4.69) is 12.1 Å². The van der Waals surface area contributed by atoms with Crippen molar-refractivity contribution in [2.24, 2.45) is 0 Å². The van der Waals surface area contributed by atoms with Crippen molar-refractivity contribution in [3.05, 3.63) is 161 Å². The molecule has 0 radical (unpaired) electrons. The van der Waals surface area contributed by atoms with Crippen molar-refractivity contribution in [2.45, 2.75) is 22.6 Å². The first-order valence-corrected chi connectivity index (χ1v) is 19.3. The Morgan fingerprint density at radius 3 is 1.74 bits per heavy atom. The molecule has 6 nitrogen and oxygen atoms in total. The largest absolute Gasteiger partial charge is 0.294 e. The summed E-state index contributed by atoms with van der Waals surface area (Å²) >= 11 is 0. The summed E-state index contributed by atoms with van der Waals surface area (Å²) in [5.41, 5.74) is 8.87. The third kappa shape index (κ3) is 4.15. The van der Waals surface area contributed by atoms with Gasteiger partial charge in [-0.1, -0.05) is 91.0 Å². The zero-order valence-corrected chi connectivity index (χ0v) is 29.4. The maximum absolute atomic E-state index is 14.2. The molecule has 0 saturated carbocycles. The number of carbonyl (C=O) groups excluding carboxylic acids is 2. The van der Waals surface area contributed by atoms with Gasteiger partial charge < -0.3 is 0 Å². The van der Waals surface area contributed by atoms with E-state index in [4.69, 9.17) is 0 Å². The van der Waals surface area contributed by atoms with Crippen molar-refractivity contribution in [1.82, 2.24) is 4.40 Å². The normalized spacial score (nSPS) is 14.6. The van der Waals surface area contributed by atoms with Crippen LogP contribution < -0.4 is 5.56 Å². The van der Waals surface area contributed by atoms with Crippen molar-refractivity contribution < 1.29 is 18.0 Å². The summed E-state index contributed by atoms with van der Waals surface area (Å²) in [7, 11) is -3.67. The maximum Gasteiger partial charge on any atom is 0.263 e. The molecule has 7 heteroatoms. The molecule has 0 unspecified atom stereocenters. The van der Waals surface area contributed by atoms with Crippen molar-refractivity contribution in [1.29, 1.82) is 0 Å². The highest BCUT2D eigenvalue weighted by atomic mass is 32.2. The number of sulfone groups is 1. The van der Waals surface area contributed by atoms with E-state index < -0.39 is 9.84 Å². The average molecular weight is 718 g/mol. The highest BCUT2D eigenvalue weighted by molar-refractivity contribution is 7.92. The lowest BCUT2D eigenvalue weighted by Crippen LogP contribution is -2.13. The van der Waals surface area contributed by atoms with Crippen LogP contribution in [0.1, 0.15) is 33.6 Å². The van der Waals surface area contributed by atoms with Gasteiger partial charge in [0, 0.05) is 56.6 Å². The number of benzene rings is 7. The van der Waals surface area contributed by atoms with Crippen molar-refractivity contribution in [3.63, 3.8) is 0 Å². The molecule has 2 aliphatic rings. The number of pyridine rings is 1. The van der Waals surface area contributed by atoms with Crippen LogP contribution in [0.2, 0.25) is 0 Å². The standard InChI is InChI=1S/C47H27NO5S/c49-42-19-20-43(50)38-22-27(13-16-32(38)30-7-1-3-9-33(30)42)29-23-39-31-8-2-4-11-36(31)47(51)48-41-18-15-26(21-37(41)40(24-29)46(39)48)28-14-17-35-34-10-5-6-12-44(34)54(52,53)45(35)25-28/h1-18,21-25H,19-20H2. The van der Waals surface area contributed by atoms with Gasteiger partial charge in [-0.05, 0) is 87.3 Å². The lowest BCUT2D eigenvalue weighted by molar-refractivity contribution is 0.0916. The molecule has 1 aliphatic heterocycles. The minimum atomic E-state index is -3.67. The van der Waals surface area contributed by atoms with Gasteiger partial charge in [-0.25, -0.2) is 8.42 Å². The van der Waals surface area contributed by atoms with Gasteiger partial charge >= 0.3 is 0 Å². The van der Waals surface area contributed by atoms with Gasteiger partial charge in [0.15, 0.2) is 11.6 Å². The lowest BCUT2D eigenvalue weighted by Gasteiger charge is -2.17. The lowest BCUT2D eigenvalue weighted by atomic mass is 9.85. The maximum atomic E-state index is 14.2. The molecule has 2 aromatic heterocycles.